The van der Waals surface area contributed by atoms with E-state index < -0.39 is 0 Å². The molecule has 0 unspecified atom stereocenters. The lowest BCUT2D eigenvalue weighted by atomic mass is 10.00. The Hall–Kier alpha value is -1.42. The van der Waals surface area contributed by atoms with Gasteiger partial charge >= 0.3 is 0 Å². The Morgan fingerprint density at radius 3 is 2.94 bits per heavy atom. The maximum Gasteiger partial charge on any atom is 0.167 e. The number of aliphatic imine (C=N–C) groups is 1. The smallest absolute Gasteiger partial charge is 0.167 e. The van der Waals surface area contributed by atoms with Crippen LogP contribution >= 0.6 is 12.6 Å². The van der Waals surface area contributed by atoms with Crippen molar-refractivity contribution in [3.8, 4) is 0 Å². The SMILES string of the molecule is O=C1CC=NC(S)=C1Cc1cccc(F)c1. The van der Waals surface area contributed by atoms with Gasteiger partial charge in [-0.3, -0.25) is 9.79 Å². The highest BCUT2D eigenvalue weighted by atomic mass is 32.1. The average molecular weight is 235 g/mol. The van der Waals surface area contributed by atoms with E-state index >= 15 is 0 Å². The van der Waals surface area contributed by atoms with Crippen LogP contribution in [0.3, 0.4) is 0 Å². The molecule has 0 spiro atoms. The van der Waals surface area contributed by atoms with Crippen molar-refractivity contribution in [1.29, 1.82) is 0 Å². The molecule has 4 heteroatoms. The topological polar surface area (TPSA) is 29.4 Å². The first-order chi connectivity index (χ1) is 7.66. The molecule has 0 aromatic heterocycles. The molecule has 16 heavy (non-hydrogen) atoms. The number of nitrogens with zero attached hydrogens (tertiary/aromatic N) is 1. The molecule has 0 aliphatic carbocycles. The lowest BCUT2D eigenvalue weighted by Gasteiger charge is -2.10. The third-order valence-electron chi connectivity index (χ3n) is 2.37. The Labute approximate surface area is 98.3 Å². The number of ketones is 1. The molecule has 0 fully saturated rings. The predicted octanol–water partition coefficient (Wildman–Crippen LogP) is 2.55. The van der Waals surface area contributed by atoms with E-state index in [4.69, 9.17) is 0 Å². The molecular formula is C12H10FNOS. The van der Waals surface area contributed by atoms with E-state index in [1.807, 2.05) is 0 Å². The number of hydrogen-bond acceptors (Lipinski definition) is 3. The predicted molar refractivity (Wildman–Crippen MR) is 64.2 cm³/mol. The number of Topliss-reactive ketones (excluding diaryl/α,β-unsaturated/α-hetero) is 1. The fraction of sp³-hybridized carbons (Fsp3) is 0.167. The molecule has 1 aliphatic heterocycles. The van der Waals surface area contributed by atoms with Crippen LogP contribution in [0, 0.1) is 5.82 Å². The van der Waals surface area contributed by atoms with Crippen molar-refractivity contribution >= 4 is 24.6 Å². The van der Waals surface area contributed by atoms with Crippen LogP contribution < -0.4 is 0 Å². The Balaban J connectivity index is 2.27. The first-order valence-electron chi connectivity index (χ1n) is 4.89. The fourth-order valence-corrected chi connectivity index (χ4v) is 1.85. The van der Waals surface area contributed by atoms with Crippen LogP contribution in [0.5, 0.6) is 0 Å². The van der Waals surface area contributed by atoms with Crippen molar-refractivity contribution in [3.05, 3.63) is 46.2 Å². The van der Waals surface area contributed by atoms with Gasteiger partial charge in [0.25, 0.3) is 0 Å². The number of thiol groups is 1. The Bertz CT molecular complexity index is 494. The largest absolute Gasteiger partial charge is 0.294 e. The minimum Gasteiger partial charge on any atom is -0.294 e. The van der Waals surface area contributed by atoms with Gasteiger partial charge in [-0.25, -0.2) is 4.39 Å². The van der Waals surface area contributed by atoms with Crippen LogP contribution in [0.15, 0.2) is 39.9 Å². The minimum atomic E-state index is -0.300. The van der Waals surface area contributed by atoms with Crippen molar-refractivity contribution in [2.45, 2.75) is 12.8 Å². The zero-order chi connectivity index (χ0) is 11.5. The van der Waals surface area contributed by atoms with Gasteiger partial charge in [0.1, 0.15) is 5.82 Å². The number of rotatable bonds is 2. The molecule has 1 aromatic carbocycles. The molecule has 0 amide bonds. The first kappa shape index (κ1) is 11.1. The van der Waals surface area contributed by atoms with Crippen LogP contribution in [0.4, 0.5) is 4.39 Å². The maximum atomic E-state index is 13.0. The summed E-state index contributed by atoms with van der Waals surface area (Å²) in [5.74, 6) is -0.296. The molecule has 82 valence electrons. The number of benzene rings is 1. The molecule has 1 aliphatic rings. The van der Waals surface area contributed by atoms with E-state index in [-0.39, 0.29) is 11.6 Å². The summed E-state index contributed by atoms with van der Waals surface area (Å²) in [6.45, 7) is 0. The van der Waals surface area contributed by atoms with Gasteiger partial charge in [0.15, 0.2) is 5.78 Å². The molecule has 1 heterocycles. The van der Waals surface area contributed by atoms with Crippen molar-refractivity contribution in [2.24, 2.45) is 4.99 Å². The molecule has 0 radical (unpaired) electrons. The Morgan fingerprint density at radius 1 is 1.44 bits per heavy atom. The normalized spacial score (nSPS) is 15.8. The third kappa shape index (κ3) is 2.39. The van der Waals surface area contributed by atoms with E-state index in [0.717, 1.165) is 5.56 Å². The maximum absolute atomic E-state index is 13.0. The average Bonchev–Trinajstić information content (AvgIpc) is 2.24. The minimum absolute atomic E-state index is 0.00395. The second-order valence-electron chi connectivity index (χ2n) is 3.55. The van der Waals surface area contributed by atoms with Crippen LogP contribution in [0.1, 0.15) is 12.0 Å². The summed E-state index contributed by atoms with van der Waals surface area (Å²) in [7, 11) is 0. The Kier molecular flexibility index (Phi) is 3.19. The molecule has 0 saturated heterocycles. The van der Waals surface area contributed by atoms with E-state index in [1.54, 1.807) is 18.3 Å². The van der Waals surface area contributed by atoms with E-state index in [1.165, 1.54) is 12.1 Å². The quantitative estimate of drug-likeness (QED) is 0.784. The number of allylic oxidation sites excluding steroid dienone is 1. The molecule has 0 saturated carbocycles. The van der Waals surface area contributed by atoms with Crippen LogP contribution in [-0.4, -0.2) is 12.0 Å². The summed E-state index contributed by atoms with van der Waals surface area (Å²) >= 11 is 4.14. The lowest BCUT2D eigenvalue weighted by Crippen LogP contribution is -2.11. The molecule has 0 N–H and O–H groups in total. The van der Waals surface area contributed by atoms with Crippen molar-refractivity contribution in [1.82, 2.24) is 0 Å². The van der Waals surface area contributed by atoms with E-state index in [9.17, 15) is 9.18 Å². The summed E-state index contributed by atoms with van der Waals surface area (Å²) in [4.78, 5) is 15.6. The standard InChI is InChI=1S/C12H10FNOS/c13-9-3-1-2-8(6-9)7-10-11(15)4-5-14-12(10)16/h1-3,5-6,16H,4,7H2. The van der Waals surface area contributed by atoms with Gasteiger partial charge in [-0.1, -0.05) is 12.1 Å². The van der Waals surface area contributed by atoms with Crippen molar-refractivity contribution < 1.29 is 9.18 Å². The number of carbonyl (C=O) groups is 1. The van der Waals surface area contributed by atoms with Gasteiger partial charge in [-0.2, -0.15) is 0 Å². The number of halogens is 1. The summed E-state index contributed by atoms with van der Waals surface area (Å²) in [5, 5.41) is 0.431. The second kappa shape index (κ2) is 4.61. The van der Waals surface area contributed by atoms with E-state index in [2.05, 4.69) is 17.6 Å². The monoisotopic (exact) mass is 235 g/mol. The third-order valence-corrected chi connectivity index (χ3v) is 2.75. The van der Waals surface area contributed by atoms with E-state index in [0.29, 0.717) is 23.4 Å². The Morgan fingerprint density at radius 2 is 2.25 bits per heavy atom. The molecule has 2 rings (SSSR count). The molecule has 2 nitrogen and oxygen atoms in total. The van der Waals surface area contributed by atoms with Gasteiger partial charge in [0, 0.05) is 24.6 Å². The summed E-state index contributed by atoms with van der Waals surface area (Å²) < 4.78 is 13.0. The van der Waals surface area contributed by atoms with Gasteiger partial charge in [0.2, 0.25) is 0 Å². The van der Waals surface area contributed by atoms with Gasteiger partial charge < -0.3 is 0 Å². The second-order valence-corrected chi connectivity index (χ2v) is 3.97. The van der Waals surface area contributed by atoms with Crippen molar-refractivity contribution in [3.63, 3.8) is 0 Å². The van der Waals surface area contributed by atoms with Crippen LogP contribution in [0.2, 0.25) is 0 Å². The first-order valence-corrected chi connectivity index (χ1v) is 5.34. The molecular weight excluding hydrogens is 225 g/mol. The van der Waals surface area contributed by atoms with Crippen LogP contribution in [0.25, 0.3) is 0 Å². The highest BCUT2D eigenvalue weighted by molar-refractivity contribution is 7.84. The molecule has 0 atom stereocenters. The molecule has 1 aromatic rings. The fourth-order valence-electron chi connectivity index (χ4n) is 1.57. The summed E-state index contributed by atoms with van der Waals surface area (Å²) in [6.07, 6.45) is 2.22. The van der Waals surface area contributed by atoms with Gasteiger partial charge in [-0.05, 0) is 17.7 Å². The zero-order valence-electron chi connectivity index (χ0n) is 8.48. The zero-order valence-corrected chi connectivity index (χ0v) is 9.38. The highest BCUT2D eigenvalue weighted by Gasteiger charge is 2.16. The summed E-state index contributed by atoms with van der Waals surface area (Å²) in [6, 6.07) is 6.20. The molecule has 0 bridgehead atoms. The van der Waals surface area contributed by atoms with Crippen molar-refractivity contribution in [2.75, 3.05) is 0 Å². The number of carbonyl (C=O) groups excluding carboxylic acids is 1. The highest BCUT2D eigenvalue weighted by Crippen LogP contribution is 2.21. The number of hydrogen-bond donors (Lipinski definition) is 1. The lowest BCUT2D eigenvalue weighted by molar-refractivity contribution is -0.114. The summed E-state index contributed by atoms with van der Waals surface area (Å²) in [5.41, 5.74) is 1.31. The van der Waals surface area contributed by atoms with Gasteiger partial charge in [0.05, 0.1) is 5.03 Å². The van der Waals surface area contributed by atoms with Crippen LogP contribution in [-0.2, 0) is 11.2 Å². The van der Waals surface area contributed by atoms with Gasteiger partial charge in [-0.15, -0.1) is 12.6 Å².